The minimum absolute atomic E-state index is 0.0335. The maximum atomic E-state index is 11.9. The number of carbonyl (C=O) groups excluding carboxylic acids is 1. The van der Waals surface area contributed by atoms with Crippen molar-refractivity contribution in [3.63, 3.8) is 0 Å². The zero-order valence-electron chi connectivity index (χ0n) is 10.3. The molecule has 1 aromatic carbocycles. The number of aromatic hydroxyl groups is 1. The van der Waals surface area contributed by atoms with Gasteiger partial charge >= 0.3 is 0 Å². The lowest BCUT2D eigenvalue weighted by Gasteiger charge is -2.11. The summed E-state index contributed by atoms with van der Waals surface area (Å²) in [5.41, 5.74) is 0.273. The van der Waals surface area contributed by atoms with Gasteiger partial charge in [0, 0.05) is 28.5 Å². The van der Waals surface area contributed by atoms with Gasteiger partial charge in [-0.05, 0) is 18.2 Å². The number of phenols is 1. The second-order valence-corrected chi connectivity index (χ2v) is 5.98. The Labute approximate surface area is 123 Å². The first-order valence-corrected chi connectivity index (χ1v) is 7.41. The van der Waals surface area contributed by atoms with E-state index in [4.69, 9.17) is 0 Å². The number of halogens is 1. The fourth-order valence-corrected chi connectivity index (χ4v) is 2.65. The van der Waals surface area contributed by atoms with E-state index in [-0.39, 0.29) is 23.1 Å². The fourth-order valence-electron chi connectivity index (χ4n) is 1.60. The van der Waals surface area contributed by atoms with Gasteiger partial charge < -0.3 is 10.4 Å². The van der Waals surface area contributed by atoms with Crippen LogP contribution in [0.5, 0.6) is 5.75 Å². The van der Waals surface area contributed by atoms with Crippen LogP contribution in [0.3, 0.4) is 0 Å². The zero-order valence-corrected chi connectivity index (χ0v) is 12.7. The Morgan fingerprint density at radius 2 is 2.37 bits per heavy atom. The predicted molar refractivity (Wildman–Crippen MR) is 78.7 cm³/mol. The molecule has 2 N–H and O–H groups in total. The Morgan fingerprint density at radius 1 is 1.58 bits per heavy atom. The summed E-state index contributed by atoms with van der Waals surface area (Å²) in [5, 5.41) is 15.4. The Bertz CT molecular complexity index is 572. The van der Waals surface area contributed by atoms with Crippen LogP contribution in [0.2, 0.25) is 0 Å². The molecule has 0 radical (unpaired) electrons. The van der Waals surface area contributed by atoms with Gasteiger partial charge in [0.05, 0.1) is 10.6 Å². The number of amides is 1. The molecule has 1 amide bonds. The van der Waals surface area contributed by atoms with Crippen molar-refractivity contribution in [1.29, 1.82) is 0 Å². The molecule has 4 nitrogen and oxygen atoms in total. The van der Waals surface area contributed by atoms with Crippen LogP contribution < -0.4 is 5.32 Å². The summed E-state index contributed by atoms with van der Waals surface area (Å²) in [6, 6.07) is 4.81. The molecule has 0 saturated carbocycles. The van der Waals surface area contributed by atoms with Crippen molar-refractivity contribution in [3.05, 3.63) is 44.8 Å². The lowest BCUT2D eigenvalue weighted by molar-refractivity contribution is 0.0949. The van der Waals surface area contributed by atoms with E-state index in [1.165, 1.54) is 6.07 Å². The zero-order chi connectivity index (χ0) is 13.8. The van der Waals surface area contributed by atoms with Crippen LogP contribution >= 0.6 is 27.3 Å². The quantitative estimate of drug-likeness (QED) is 0.898. The molecule has 100 valence electrons. The van der Waals surface area contributed by atoms with E-state index in [1.807, 2.05) is 12.3 Å². The average molecular weight is 341 g/mol. The average Bonchev–Trinajstić information content (AvgIpc) is 2.89. The highest BCUT2D eigenvalue weighted by Crippen LogP contribution is 2.22. The van der Waals surface area contributed by atoms with Crippen molar-refractivity contribution in [1.82, 2.24) is 10.3 Å². The standard InChI is InChI=1S/C13H13BrN2O2S/c1-8(13-15-4-5-19-13)7-16-12(18)10-3-2-9(14)6-11(10)17/h2-6,8,17H,7H2,1H3,(H,16,18). The highest BCUT2D eigenvalue weighted by Gasteiger charge is 2.14. The minimum atomic E-state index is -0.284. The number of aromatic nitrogens is 1. The van der Waals surface area contributed by atoms with Crippen LogP contribution in [0.1, 0.15) is 28.2 Å². The molecular weight excluding hydrogens is 328 g/mol. The second kappa shape index (κ2) is 6.16. The molecule has 0 fully saturated rings. The van der Waals surface area contributed by atoms with Crippen LogP contribution in [0.4, 0.5) is 0 Å². The normalized spacial score (nSPS) is 12.1. The third kappa shape index (κ3) is 3.54. The molecule has 1 atom stereocenters. The number of phenolic OH excluding ortho intramolecular Hbond substituents is 1. The Morgan fingerprint density at radius 3 is 3.00 bits per heavy atom. The molecule has 0 saturated heterocycles. The summed E-state index contributed by atoms with van der Waals surface area (Å²) < 4.78 is 0.734. The van der Waals surface area contributed by atoms with E-state index in [9.17, 15) is 9.90 Å². The minimum Gasteiger partial charge on any atom is -0.507 e. The number of nitrogens with one attached hydrogen (secondary N) is 1. The topological polar surface area (TPSA) is 62.2 Å². The van der Waals surface area contributed by atoms with Crippen LogP contribution in [-0.4, -0.2) is 22.5 Å². The lowest BCUT2D eigenvalue weighted by atomic mass is 10.1. The molecule has 1 unspecified atom stereocenters. The van der Waals surface area contributed by atoms with E-state index in [2.05, 4.69) is 26.2 Å². The van der Waals surface area contributed by atoms with Gasteiger partial charge in [0.2, 0.25) is 0 Å². The van der Waals surface area contributed by atoms with Gasteiger partial charge in [-0.25, -0.2) is 4.98 Å². The predicted octanol–water partition coefficient (Wildman–Crippen LogP) is 3.14. The van der Waals surface area contributed by atoms with Gasteiger partial charge in [-0.15, -0.1) is 11.3 Å². The number of hydrogen-bond donors (Lipinski definition) is 2. The summed E-state index contributed by atoms with van der Waals surface area (Å²) in [5.74, 6) is -0.163. The van der Waals surface area contributed by atoms with E-state index in [0.717, 1.165) is 9.48 Å². The molecule has 0 aliphatic carbocycles. The van der Waals surface area contributed by atoms with Crippen molar-refractivity contribution in [2.45, 2.75) is 12.8 Å². The molecular formula is C13H13BrN2O2S. The van der Waals surface area contributed by atoms with Crippen molar-refractivity contribution >= 4 is 33.2 Å². The van der Waals surface area contributed by atoms with Crippen LogP contribution in [-0.2, 0) is 0 Å². The summed E-state index contributed by atoms with van der Waals surface area (Å²) in [6.07, 6.45) is 1.75. The first kappa shape index (κ1) is 14.0. The number of nitrogens with zero attached hydrogens (tertiary/aromatic N) is 1. The van der Waals surface area contributed by atoms with Crippen LogP contribution in [0, 0.1) is 0 Å². The van der Waals surface area contributed by atoms with Gasteiger partial charge in [0.25, 0.3) is 5.91 Å². The Balaban J connectivity index is 1.98. The Hall–Kier alpha value is -1.40. The number of rotatable bonds is 4. The number of benzene rings is 1. The van der Waals surface area contributed by atoms with E-state index in [1.54, 1.807) is 29.7 Å². The van der Waals surface area contributed by atoms with Crippen LogP contribution in [0.25, 0.3) is 0 Å². The molecule has 2 rings (SSSR count). The van der Waals surface area contributed by atoms with Crippen molar-refractivity contribution in [2.24, 2.45) is 0 Å². The number of hydrogen-bond acceptors (Lipinski definition) is 4. The molecule has 6 heteroatoms. The highest BCUT2D eigenvalue weighted by atomic mass is 79.9. The van der Waals surface area contributed by atoms with Gasteiger partial charge in [-0.1, -0.05) is 22.9 Å². The molecule has 19 heavy (non-hydrogen) atoms. The third-order valence-corrected chi connectivity index (χ3v) is 4.15. The first-order chi connectivity index (χ1) is 9.08. The molecule has 1 aromatic heterocycles. The van der Waals surface area contributed by atoms with Gasteiger partial charge in [0.1, 0.15) is 5.75 Å². The van der Waals surface area contributed by atoms with Crippen molar-refractivity contribution in [3.8, 4) is 5.75 Å². The largest absolute Gasteiger partial charge is 0.507 e. The van der Waals surface area contributed by atoms with Crippen molar-refractivity contribution < 1.29 is 9.90 Å². The lowest BCUT2D eigenvalue weighted by Crippen LogP contribution is -2.27. The Kier molecular flexibility index (Phi) is 4.55. The number of thiazole rings is 1. The van der Waals surface area contributed by atoms with Gasteiger partial charge in [0.15, 0.2) is 0 Å². The van der Waals surface area contributed by atoms with E-state index in [0.29, 0.717) is 6.54 Å². The molecule has 0 aliphatic rings. The van der Waals surface area contributed by atoms with E-state index < -0.39 is 0 Å². The van der Waals surface area contributed by atoms with Gasteiger partial charge in [-0.3, -0.25) is 4.79 Å². The highest BCUT2D eigenvalue weighted by molar-refractivity contribution is 9.10. The molecule has 0 spiro atoms. The maximum absolute atomic E-state index is 11.9. The first-order valence-electron chi connectivity index (χ1n) is 5.74. The number of carbonyl (C=O) groups is 1. The molecule has 1 heterocycles. The van der Waals surface area contributed by atoms with Crippen LogP contribution in [0.15, 0.2) is 34.2 Å². The smallest absolute Gasteiger partial charge is 0.255 e. The van der Waals surface area contributed by atoms with E-state index >= 15 is 0 Å². The summed E-state index contributed by atoms with van der Waals surface area (Å²) in [4.78, 5) is 16.2. The second-order valence-electron chi connectivity index (χ2n) is 4.14. The molecule has 2 aromatic rings. The summed E-state index contributed by atoms with van der Waals surface area (Å²) in [6.45, 7) is 2.49. The third-order valence-electron chi connectivity index (χ3n) is 2.65. The SMILES string of the molecule is CC(CNC(=O)c1ccc(Br)cc1O)c1nccs1. The van der Waals surface area contributed by atoms with Gasteiger partial charge in [-0.2, -0.15) is 0 Å². The fraction of sp³-hybridized carbons (Fsp3) is 0.231. The monoisotopic (exact) mass is 340 g/mol. The molecule has 0 bridgehead atoms. The van der Waals surface area contributed by atoms with Crippen molar-refractivity contribution in [2.75, 3.05) is 6.54 Å². The molecule has 0 aliphatic heterocycles. The summed E-state index contributed by atoms with van der Waals surface area (Å²) in [7, 11) is 0. The summed E-state index contributed by atoms with van der Waals surface area (Å²) >= 11 is 4.80. The maximum Gasteiger partial charge on any atom is 0.255 e.